The second-order valence-corrected chi connectivity index (χ2v) is 4.26. The van der Waals surface area contributed by atoms with Crippen molar-refractivity contribution in [3.05, 3.63) is 42.0 Å². The lowest BCUT2D eigenvalue weighted by atomic mass is 9.99. The average Bonchev–Trinajstić information content (AvgIpc) is 2.35. The summed E-state index contributed by atoms with van der Waals surface area (Å²) in [7, 11) is 0. The summed E-state index contributed by atoms with van der Waals surface area (Å²) in [6.07, 6.45) is 1.49. The van der Waals surface area contributed by atoms with Gasteiger partial charge in [-0.15, -0.1) is 0 Å². The maximum Gasteiger partial charge on any atom is 0.116 e. The van der Waals surface area contributed by atoms with E-state index in [-0.39, 0.29) is 18.4 Å². The van der Waals surface area contributed by atoms with Gasteiger partial charge in [-0.3, -0.25) is 0 Å². The predicted octanol–water partition coefficient (Wildman–Crippen LogP) is 2.32. The second kappa shape index (κ2) is 5.17. The minimum atomic E-state index is -0.0413. The molecular formula is C14H17NO2. The van der Waals surface area contributed by atoms with Crippen molar-refractivity contribution < 1.29 is 10.2 Å². The molecule has 0 aliphatic carbocycles. The Labute approximate surface area is 101 Å². The predicted molar refractivity (Wildman–Crippen MR) is 68.9 cm³/mol. The Morgan fingerprint density at radius 2 is 1.76 bits per heavy atom. The lowest BCUT2D eigenvalue weighted by molar-refractivity contribution is 0.280. The zero-order valence-electron chi connectivity index (χ0n) is 9.63. The topological polar surface area (TPSA) is 66.5 Å². The number of hydrogen-bond acceptors (Lipinski definition) is 3. The van der Waals surface area contributed by atoms with Crippen LogP contribution < -0.4 is 5.73 Å². The Balaban J connectivity index is 2.28. The van der Waals surface area contributed by atoms with E-state index in [0.717, 1.165) is 29.2 Å². The van der Waals surface area contributed by atoms with Gasteiger partial charge in [0.05, 0.1) is 0 Å². The number of fused-ring (bicyclic) bond motifs is 1. The van der Waals surface area contributed by atoms with Crippen molar-refractivity contribution >= 4 is 10.8 Å². The Bertz CT molecular complexity index is 511. The van der Waals surface area contributed by atoms with Crippen LogP contribution >= 0.6 is 0 Å². The third kappa shape index (κ3) is 2.75. The van der Waals surface area contributed by atoms with Crippen LogP contribution in [-0.4, -0.2) is 16.8 Å². The first-order valence-electron chi connectivity index (χ1n) is 5.80. The quantitative estimate of drug-likeness (QED) is 0.756. The van der Waals surface area contributed by atoms with E-state index in [4.69, 9.17) is 10.8 Å². The van der Waals surface area contributed by atoms with Crippen LogP contribution in [-0.2, 0) is 0 Å². The molecule has 3 nitrogen and oxygen atoms in total. The molecule has 1 atom stereocenters. The van der Waals surface area contributed by atoms with Crippen LogP contribution in [0.25, 0.3) is 10.8 Å². The van der Waals surface area contributed by atoms with E-state index < -0.39 is 0 Å². The van der Waals surface area contributed by atoms with Crippen LogP contribution in [0.15, 0.2) is 36.4 Å². The molecule has 0 heterocycles. The molecule has 2 aromatic carbocycles. The van der Waals surface area contributed by atoms with Crippen molar-refractivity contribution in [1.29, 1.82) is 0 Å². The van der Waals surface area contributed by atoms with E-state index >= 15 is 0 Å². The van der Waals surface area contributed by atoms with Gasteiger partial charge in [-0.1, -0.05) is 18.2 Å². The highest BCUT2D eigenvalue weighted by atomic mass is 16.3. The highest BCUT2D eigenvalue weighted by Gasteiger charge is 2.06. The molecule has 0 fully saturated rings. The summed E-state index contributed by atoms with van der Waals surface area (Å²) in [4.78, 5) is 0. The molecule has 0 saturated carbocycles. The molecule has 0 aromatic heterocycles. The lowest BCUT2D eigenvalue weighted by Crippen LogP contribution is -2.10. The molecule has 0 amide bonds. The van der Waals surface area contributed by atoms with E-state index in [9.17, 15) is 5.11 Å². The number of rotatable bonds is 4. The second-order valence-electron chi connectivity index (χ2n) is 4.26. The molecule has 2 rings (SSSR count). The zero-order valence-corrected chi connectivity index (χ0v) is 9.63. The van der Waals surface area contributed by atoms with Crippen molar-refractivity contribution in [3.8, 4) is 5.75 Å². The smallest absolute Gasteiger partial charge is 0.116 e. The molecule has 0 unspecified atom stereocenters. The van der Waals surface area contributed by atoms with Crippen LogP contribution in [0.5, 0.6) is 5.75 Å². The highest BCUT2D eigenvalue weighted by molar-refractivity contribution is 5.84. The van der Waals surface area contributed by atoms with E-state index in [0.29, 0.717) is 0 Å². The Hall–Kier alpha value is -1.58. The Morgan fingerprint density at radius 3 is 2.53 bits per heavy atom. The molecular weight excluding hydrogens is 214 g/mol. The number of hydrogen-bond donors (Lipinski definition) is 3. The molecule has 0 aliphatic heterocycles. The van der Waals surface area contributed by atoms with Gasteiger partial charge < -0.3 is 15.9 Å². The zero-order chi connectivity index (χ0) is 12.3. The third-order valence-corrected chi connectivity index (χ3v) is 2.95. The monoisotopic (exact) mass is 231 g/mol. The number of benzene rings is 2. The number of aliphatic hydroxyl groups excluding tert-OH is 1. The minimum absolute atomic E-state index is 0.0413. The molecule has 3 heteroatoms. The SMILES string of the molecule is N[C@H](CCCO)c1ccc2cc(O)ccc2c1. The summed E-state index contributed by atoms with van der Waals surface area (Å²) in [6, 6.07) is 11.2. The fourth-order valence-corrected chi connectivity index (χ4v) is 1.96. The molecule has 17 heavy (non-hydrogen) atoms. The number of aromatic hydroxyl groups is 1. The fourth-order valence-electron chi connectivity index (χ4n) is 1.96. The largest absolute Gasteiger partial charge is 0.508 e. The van der Waals surface area contributed by atoms with E-state index in [2.05, 4.69) is 0 Å². The van der Waals surface area contributed by atoms with E-state index in [1.165, 1.54) is 0 Å². The molecule has 0 radical (unpaired) electrons. The minimum Gasteiger partial charge on any atom is -0.508 e. The lowest BCUT2D eigenvalue weighted by Gasteiger charge is -2.12. The van der Waals surface area contributed by atoms with Gasteiger partial charge in [0.2, 0.25) is 0 Å². The number of phenols is 1. The summed E-state index contributed by atoms with van der Waals surface area (Å²) >= 11 is 0. The molecule has 0 aliphatic rings. The first-order valence-corrected chi connectivity index (χ1v) is 5.80. The van der Waals surface area contributed by atoms with Gasteiger partial charge in [-0.05, 0) is 47.4 Å². The van der Waals surface area contributed by atoms with Crippen LogP contribution in [0, 0.1) is 0 Å². The van der Waals surface area contributed by atoms with Crippen LogP contribution in [0.1, 0.15) is 24.4 Å². The van der Waals surface area contributed by atoms with Gasteiger partial charge in [0.15, 0.2) is 0 Å². The van der Waals surface area contributed by atoms with E-state index in [1.807, 2.05) is 24.3 Å². The van der Waals surface area contributed by atoms with Crippen LogP contribution in [0.4, 0.5) is 0 Å². The fraction of sp³-hybridized carbons (Fsp3) is 0.286. The number of aliphatic hydroxyl groups is 1. The molecule has 0 saturated heterocycles. The standard InChI is InChI=1S/C14H17NO2/c15-14(2-1-7-16)12-4-3-11-9-13(17)6-5-10(11)8-12/h3-6,8-9,14,16-17H,1-2,7,15H2/t14-/m1/s1. The van der Waals surface area contributed by atoms with Gasteiger partial charge >= 0.3 is 0 Å². The van der Waals surface area contributed by atoms with Crippen molar-refractivity contribution in [2.75, 3.05) is 6.61 Å². The van der Waals surface area contributed by atoms with Crippen molar-refractivity contribution in [2.45, 2.75) is 18.9 Å². The maximum atomic E-state index is 9.37. The van der Waals surface area contributed by atoms with Crippen LogP contribution in [0.2, 0.25) is 0 Å². The molecule has 4 N–H and O–H groups in total. The van der Waals surface area contributed by atoms with Gasteiger partial charge in [-0.25, -0.2) is 0 Å². The molecule has 90 valence electrons. The number of nitrogens with two attached hydrogens (primary N) is 1. The maximum absolute atomic E-state index is 9.37. The van der Waals surface area contributed by atoms with Gasteiger partial charge in [-0.2, -0.15) is 0 Å². The summed E-state index contributed by atoms with van der Waals surface area (Å²) in [6.45, 7) is 0.176. The van der Waals surface area contributed by atoms with Gasteiger partial charge in [0, 0.05) is 12.6 Å². The van der Waals surface area contributed by atoms with Crippen LogP contribution in [0.3, 0.4) is 0 Å². The van der Waals surface area contributed by atoms with Crippen molar-refractivity contribution in [3.63, 3.8) is 0 Å². The summed E-state index contributed by atoms with van der Waals surface area (Å²) in [5.41, 5.74) is 7.11. The summed E-state index contributed by atoms with van der Waals surface area (Å²) in [5, 5.41) is 20.2. The number of phenolic OH excluding ortho intramolecular Hbond substituents is 1. The van der Waals surface area contributed by atoms with Gasteiger partial charge in [0.25, 0.3) is 0 Å². The summed E-state index contributed by atoms with van der Waals surface area (Å²) in [5.74, 6) is 0.273. The molecule has 0 spiro atoms. The van der Waals surface area contributed by atoms with Crippen molar-refractivity contribution in [2.24, 2.45) is 5.73 Å². The molecule has 0 bridgehead atoms. The first kappa shape index (κ1) is 11.9. The van der Waals surface area contributed by atoms with Gasteiger partial charge in [0.1, 0.15) is 5.75 Å². The Kier molecular flexibility index (Phi) is 3.61. The summed E-state index contributed by atoms with van der Waals surface area (Å²) < 4.78 is 0. The van der Waals surface area contributed by atoms with Crippen molar-refractivity contribution in [1.82, 2.24) is 0 Å². The average molecular weight is 231 g/mol. The first-order chi connectivity index (χ1) is 8.20. The highest BCUT2D eigenvalue weighted by Crippen LogP contribution is 2.24. The Morgan fingerprint density at radius 1 is 1.06 bits per heavy atom. The molecule has 2 aromatic rings. The normalized spacial score (nSPS) is 12.8. The van der Waals surface area contributed by atoms with E-state index in [1.54, 1.807) is 12.1 Å². The third-order valence-electron chi connectivity index (χ3n) is 2.95.